The number of benzene rings is 1. The van der Waals surface area contributed by atoms with Crippen molar-refractivity contribution in [3.05, 3.63) is 29.8 Å². The molecule has 1 aromatic rings. The van der Waals surface area contributed by atoms with Crippen LogP contribution in [0.15, 0.2) is 24.3 Å². The van der Waals surface area contributed by atoms with Crippen LogP contribution in [0.25, 0.3) is 0 Å². The van der Waals surface area contributed by atoms with E-state index in [1.165, 1.54) is 0 Å². The van der Waals surface area contributed by atoms with Gasteiger partial charge in [0.25, 0.3) is 0 Å². The summed E-state index contributed by atoms with van der Waals surface area (Å²) in [4.78, 5) is 14.1. The first-order chi connectivity index (χ1) is 8.70. The Balaban J connectivity index is 2.08. The molecule has 1 aliphatic rings. The zero-order chi connectivity index (χ0) is 13.0. The second-order valence-electron chi connectivity index (χ2n) is 4.64. The average Bonchev–Trinajstić information content (AvgIpc) is 2.55. The topological polar surface area (TPSA) is 41.6 Å². The van der Waals surface area contributed by atoms with Crippen molar-refractivity contribution in [2.45, 2.75) is 25.9 Å². The van der Waals surface area contributed by atoms with Gasteiger partial charge < -0.3 is 15.0 Å². The minimum atomic E-state index is -0.0851. The third-order valence-corrected chi connectivity index (χ3v) is 3.25. The highest BCUT2D eigenvalue weighted by molar-refractivity contribution is 5.81. The molecule has 1 unspecified atom stereocenters. The summed E-state index contributed by atoms with van der Waals surface area (Å²) in [5.74, 6) is 1.01. The molecule has 0 saturated carbocycles. The first-order valence-electron chi connectivity index (χ1n) is 6.36. The number of hydrogen-bond donors (Lipinski definition) is 1. The van der Waals surface area contributed by atoms with Crippen molar-refractivity contribution in [1.82, 2.24) is 10.2 Å². The van der Waals surface area contributed by atoms with Crippen molar-refractivity contribution in [2.75, 3.05) is 20.2 Å². The second kappa shape index (κ2) is 5.87. The van der Waals surface area contributed by atoms with Gasteiger partial charge in [0.05, 0.1) is 13.2 Å². The van der Waals surface area contributed by atoms with Crippen LogP contribution in [0.3, 0.4) is 0 Å². The van der Waals surface area contributed by atoms with Crippen LogP contribution >= 0.6 is 0 Å². The van der Waals surface area contributed by atoms with Crippen molar-refractivity contribution < 1.29 is 9.53 Å². The van der Waals surface area contributed by atoms with Crippen molar-refractivity contribution in [2.24, 2.45) is 0 Å². The van der Waals surface area contributed by atoms with E-state index in [9.17, 15) is 4.79 Å². The molecule has 1 fully saturated rings. The normalized spacial score (nSPS) is 20.7. The Bertz CT molecular complexity index is 420. The fourth-order valence-corrected chi connectivity index (χ4v) is 2.21. The lowest BCUT2D eigenvalue weighted by Crippen LogP contribution is -2.41. The van der Waals surface area contributed by atoms with E-state index in [0.717, 1.165) is 30.8 Å². The highest BCUT2D eigenvalue weighted by Gasteiger charge is 2.22. The maximum atomic E-state index is 12.1. The van der Waals surface area contributed by atoms with E-state index in [2.05, 4.69) is 5.32 Å². The molecule has 18 heavy (non-hydrogen) atoms. The van der Waals surface area contributed by atoms with Crippen LogP contribution in [-0.4, -0.2) is 37.0 Å². The van der Waals surface area contributed by atoms with E-state index in [1.54, 1.807) is 7.11 Å². The Morgan fingerprint density at radius 1 is 1.50 bits per heavy atom. The number of carbonyl (C=O) groups is 1. The van der Waals surface area contributed by atoms with Gasteiger partial charge >= 0.3 is 0 Å². The van der Waals surface area contributed by atoms with Gasteiger partial charge in [0, 0.05) is 13.1 Å². The Kier molecular flexibility index (Phi) is 4.20. The Hall–Kier alpha value is -1.55. The van der Waals surface area contributed by atoms with E-state index in [0.29, 0.717) is 6.54 Å². The summed E-state index contributed by atoms with van der Waals surface area (Å²) in [5.41, 5.74) is 1.11. The van der Waals surface area contributed by atoms with E-state index in [4.69, 9.17) is 4.74 Å². The molecule has 1 aromatic carbocycles. The van der Waals surface area contributed by atoms with Crippen LogP contribution in [0, 0.1) is 0 Å². The number of nitrogens with zero attached hydrogens (tertiary/aromatic N) is 1. The largest absolute Gasteiger partial charge is 0.497 e. The van der Waals surface area contributed by atoms with Crippen LogP contribution in [0.1, 0.15) is 18.9 Å². The number of ether oxygens (including phenoxy) is 1. The van der Waals surface area contributed by atoms with Crippen LogP contribution in [0.4, 0.5) is 0 Å². The number of carbonyl (C=O) groups excluding carboxylic acids is 1. The van der Waals surface area contributed by atoms with E-state index < -0.39 is 0 Å². The zero-order valence-corrected chi connectivity index (χ0v) is 11.0. The molecule has 0 bridgehead atoms. The van der Waals surface area contributed by atoms with Gasteiger partial charge in [0.1, 0.15) is 5.75 Å². The molecule has 4 heteroatoms. The van der Waals surface area contributed by atoms with Gasteiger partial charge in [-0.1, -0.05) is 12.1 Å². The molecule has 1 atom stereocenters. The van der Waals surface area contributed by atoms with Gasteiger partial charge in [0.2, 0.25) is 5.91 Å². The molecule has 2 rings (SSSR count). The van der Waals surface area contributed by atoms with Crippen molar-refractivity contribution in [3.8, 4) is 5.75 Å². The third kappa shape index (κ3) is 3.01. The highest BCUT2D eigenvalue weighted by Crippen LogP contribution is 2.15. The van der Waals surface area contributed by atoms with Crippen LogP contribution in [-0.2, 0) is 11.3 Å². The van der Waals surface area contributed by atoms with Crippen LogP contribution < -0.4 is 10.1 Å². The quantitative estimate of drug-likeness (QED) is 0.879. The SMILES string of the molecule is COc1cccc(CN2CCCNC(C)C2=O)c1. The van der Waals surface area contributed by atoms with Gasteiger partial charge in [-0.25, -0.2) is 0 Å². The zero-order valence-electron chi connectivity index (χ0n) is 11.0. The molecule has 1 heterocycles. The van der Waals surface area contributed by atoms with Crippen molar-refractivity contribution >= 4 is 5.91 Å². The summed E-state index contributed by atoms with van der Waals surface area (Å²) in [6.45, 7) is 4.29. The summed E-state index contributed by atoms with van der Waals surface area (Å²) < 4.78 is 5.20. The lowest BCUT2D eigenvalue weighted by molar-refractivity contribution is -0.132. The molecule has 98 valence electrons. The third-order valence-electron chi connectivity index (χ3n) is 3.25. The first kappa shape index (κ1) is 12.9. The van der Waals surface area contributed by atoms with Gasteiger partial charge in [0.15, 0.2) is 0 Å². The summed E-state index contributed by atoms with van der Waals surface area (Å²) in [6, 6.07) is 7.79. The number of nitrogens with one attached hydrogen (secondary N) is 1. The van der Waals surface area contributed by atoms with Crippen LogP contribution in [0.2, 0.25) is 0 Å². The Morgan fingerprint density at radius 2 is 2.33 bits per heavy atom. The Labute approximate surface area is 108 Å². The molecule has 1 aliphatic heterocycles. The van der Waals surface area contributed by atoms with E-state index in [-0.39, 0.29) is 11.9 Å². The van der Waals surface area contributed by atoms with Crippen molar-refractivity contribution in [3.63, 3.8) is 0 Å². The Morgan fingerprint density at radius 3 is 3.11 bits per heavy atom. The molecule has 0 spiro atoms. The van der Waals surface area contributed by atoms with Gasteiger partial charge in [-0.3, -0.25) is 4.79 Å². The number of methoxy groups -OCH3 is 1. The maximum Gasteiger partial charge on any atom is 0.239 e. The summed E-state index contributed by atoms with van der Waals surface area (Å²) in [5, 5.41) is 3.22. The average molecular weight is 248 g/mol. The predicted octanol–water partition coefficient (Wildman–Crippen LogP) is 1.41. The number of amides is 1. The summed E-state index contributed by atoms with van der Waals surface area (Å²) >= 11 is 0. The number of rotatable bonds is 3. The lowest BCUT2D eigenvalue weighted by atomic mass is 10.2. The minimum absolute atomic E-state index is 0.0851. The van der Waals surface area contributed by atoms with E-state index >= 15 is 0 Å². The standard InChI is InChI=1S/C14H20N2O2/c1-11-14(17)16(8-4-7-15-11)10-12-5-3-6-13(9-12)18-2/h3,5-6,9,11,15H,4,7-8,10H2,1-2H3. The molecule has 1 saturated heterocycles. The highest BCUT2D eigenvalue weighted by atomic mass is 16.5. The molecular formula is C14H20N2O2. The molecule has 0 aromatic heterocycles. The van der Waals surface area contributed by atoms with Crippen LogP contribution in [0.5, 0.6) is 5.75 Å². The molecule has 1 amide bonds. The van der Waals surface area contributed by atoms with E-state index in [1.807, 2.05) is 36.1 Å². The van der Waals surface area contributed by atoms with Gasteiger partial charge in [-0.15, -0.1) is 0 Å². The molecule has 4 nitrogen and oxygen atoms in total. The fraction of sp³-hybridized carbons (Fsp3) is 0.500. The minimum Gasteiger partial charge on any atom is -0.497 e. The van der Waals surface area contributed by atoms with Crippen molar-refractivity contribution in [1.29, 1.82) is 0 Å². The predicted molar refractivity (Wildman–Crippen MR) is 70.5 cm³/mol. The summed E-state index contributed by atoms with van der Waals surface area (Å²) in [6.07, 6.45) is 1.00. The van der Waals surface area contributed by atoms with Gasteiger partial charge in [-0.05, 0) is 37.6 Å². The fourth-order valence-electron chi connectivity index (χ4n) is 2.21. The molecule has 0 aliphatic carbocycles. The first-order valence-corrected chi connectivity index (χ1v) is 6.36. The monoisotopic (exact) mass is 248 g/mol. The molecular weight excluding hydrogens is 228 g/mol. The molecule has 0 radical (unpaired) electrons. The lowest BCUT2D eigenvalue weighted by Gasteiger charge is -2.22. The van der Waals surface area contributed by atoms with Gasteiger partial charge in [-0.2, -0.15) is 0 Å². The summed E-state index contributed by atoms with van der Waals surface area (Å²) in [7, 11) is 1.65. The second-order valence-corrected chi connectivity index (χ2v) is 4.64. The molecule has 1 N–H and O–H groups in total. The maximum absolute atomic E-state index is 12.1. The smallest absolute Gasteiger partial charge is 0.239 e. The number of hydrogen-bond acceptors (Lipinski definition) is 3.